The third-order valence-corrected chi connectivity index (χ3v) is 3.36. The number of ether oxygens (including phenoxy) is 1. The number of benzene rings is 1. The van der Waals surface area contributed by atoms with Crippen LogP contribution >= 0.6 is 0 Å². The summed E-state index contributed by atoms with van der Waals surface area (Å²) >= 11 is 0. The molecule has 2 rings (SSSR count). The molecule has 2 N–H and O–H groups in total. The molecular formula is C14H21NO2. The summed E-state index contributed by atoms with van der Waals surface area (Å²) in [6.07, 6.45) is 1.07. The molecule has 1 aromatic rings. The van der Waals surface area contributed by atoms with Gasteiger partial charge in [-0.1, -0.05) is 12.1 Å². The van der Waals surface area contributed by atoms with Gasteiger partial charge in [-0.15, -0.1) is 0 Å². The van der Waals surface area contributed by atoms with Crippen LogP contribution in [-0.2, 0) is 0 Å². The lowest BCUT2D eigenvalue weighted by molar-refractivity contribution is 0.190. The Bertz CT molecular complexity index is 337. The van der Waals surface area contributed by atoms with Gasteiger partial charge in [-0.25, -0.2) is 0 Å². The number of rotatable bonds is 4. The van der Waals surface area contributed by atoms with Gasteiger partial charge in [-0.2, -0.15) is 0 Å². The summed E-state index contributed by atoms with van der Waals surface area (Å²) in [6.45, 7) is 4.91. The van der Waals surface area contributed by atoms with E-state index in [2.05, 4.69) is 17.4 Å². The van der Waals surface area contributed by atoms with Crippen molar-refractivity contribution < 1.29 is 9.84 Å². The fraction of sp³-hybridized carbons (Fsp3) is 0.571. The van der Waals surface area contributed by atoms with E-state index in [4.69, 9.17) is 4.74 Å². The molecule has 3 heteroatoms. The summed E-state index contributed by atoms with van der Waals surface area (Å²) in [5.74, 6) is 1.83. The lowest BCUT2D eigenvalue weighted by Gasteiger charge is -2.29. The molecule has 0 bridgehead atoms. The first kappa shape index (κ1) is 12.4. The van der Waals surface area contributed by atoms with Gasteiger partial charge < -0.3 is 15.2 Å². The smallest absolute Gasteiger partial charge is 0.119 e. The number of piperidine rings is 1. The topological polar surface area (TPSA) is 41.5 Å². The van der Waals surface area contributed by atoms with Crippen LogP contribution in [0, 0.1) is 5.92 Å². The van der Waals surface area contributed by atoms with Crippen LogP contribution in [0.4, 0.5) is 0 Å². The Morgan fingerprint density at radius 3 is 2.71 bits per heavy atom. The van der Waals surface area contributed by atoms with Crippen molar-refractivity contribution in [2.45, 2.75) is 19.3 Å². The molecular weight excluding hydrogens is 214 g/mol. The van der Waals surface area contributed by atoms with Crippen molar-refractivity contribution in [1.29, 1.82) is 0 Å². The molecule has 0 aromatic heterocycles. The standard InChI is InChI=1S/C14H21NO2/c1-2-17-14-5-3-12(4-6-14)13-7-11(10-16)8-15-9-13/h3-6,11,13,15-16H,2,7-10H2,1H3. The average molecular weight is 235 g/mol. The highest BCUT2D eigenvalue weighted by Gasteiger charge is 2.22. The van der Waals surface area contributed by atoms with Crippen LogP contribution in [0.1, 0.15) is 24.8 Å². The summed E-state index contributed by atoms with van der Waals surface area (Å²) in [4.78, 5) is 0. The molecule has 1 aliphatic rings. The fourth-order valence-corrected chi connectivity index (χ4v) is 2.43. The molecule has 17 heavy (non-hydrogen) atoms. The van der Waals surface area contributed by atoms with E-state index in [0.717, 1.165) is 25.3 Å². The van der Waals surface area contributed by atoms with Crippen LogP contribution in [-0.4, -0.2) is 31.4 Å². The summed E-state index contributed by atoms with van der Waals surface area (Å²) in [6, 6.07) is 8.33. The van der Waals surface area contributed by atoms with Crippen LogP contribution in [0.5, 0.6) is 5.75 Å². The minimum Gasteiger partial charge on any atom is -0.494 e. The second-order valence-corrected chi connectivity index (χ2v) is 4.64. The number of aliphatic hydroxyl groups is 1. The van der Waals surface area contributed by atoms with E-state index in [1.807, 2.05) is 19.1 Å². The Labute approximate surface area is 103 Å². The first-order valence-corrected chi connectivity index (χ1v) is 6.37. The van der Waals surface area contributed by atoms with Gasteiger partial charge in [0.05, 0.1) is 6.61 Å². The van der Waals surface area contributed by atoms with Crippen LogP contribution < -0.4 is 10.1 Å². The maximum absolute atomic E-state index is 9.21. The van der Waals surface area contributed by atoms with Crippen molar-refractivity contribution in [3.05, 3.63) is 29.8 Å². The molecule has 0 amide bonds. The lowest BCUT2D eigenvalue weighted by Crippen LogP contribution is -2.36. The molecule has 1 aromatic carbocycles. The third-order valence-electron chi connectivity index (χ3n) is 3.36. The van der Waals surface area contributed by atoms with Crippen LogP contribution in [0.15, 0.2) is 24.3 Å². The van der Waals surface area contributed by atoms with Gasteiger partial charge in [-0.3, -0.25) is 0 Å². The van der Waals surface area contributed by atoms with E-state index in [1.165, 1.54) is 5.56 Å². The van der Waals surface area contributed by atoms with Crippen molar-refractivity contribution in [2.24, 2.45) is 5.92 Å². The van der Waals surface area contributed by atoms with Gasteiger partial charge in [0.2, 0.25) is 0 Å². The number of nitrogens with one attached hydrogen (secondary N) is 1. The van der Waals surface area contributed by atoms with Gasteiger partial charge in [0.25, 0.3) is 0 Å². The van der Waals surface area contributed by atoms with Crippen molar-refractivity contribution in [2.75, 3.05) is 26.3 Å². The van der Waals surface area contributed by atoms with E-state index in [9.17, 15) is 5.11 Å². The predicted molar refractivity (Wildman–Crippen MR) is 68.4 cm³/mol. The summed E-state index contributed by atoms with van der Waals surface area (Å²) in [5, 5.41) is 12.6. The second kappa shape index (κ2) is 6.03. The average Bonchev–Trinajstić information content (AvgIpc) is 2.40. The first-order valence-electron chi connectivity index (χ1n) is 6.37. The first-order chi connectivity index (χ1) is 8.33. The lowest BCUT2D eigenvalue weighted by atomic mass is 9.86. The van der Waals surface area contributed by atoms with Crippen LogP contribution in [0.2, 0.25) is 0 Å². The molecule has 1 aliphatic heterocycles. The Morgan fingerprint density at radius 1 is 1.29 bits per heavy atom. The van der Waals surface area contributed by atoms with Gasteiger partial charge in [0, 0.05) is 19.7 Å². The van der Waals surface area contributed by atoms with Gasteiger partial charge in [0.15, 0.2) is 0 Å². The molecule has 0 radical (unpaired) electrons. The normalized spacial score (nSPS) is 24.6. The monoisotopic (exact) mass is 235 g/mol. The molecule has 1 heterocycles. The highest BCUT2D eigenvalue weighted by molar-refractivity contribution is 5.30. The molecule has 94 valence electrons. The fourth-order valence-electron chi connectivity index (χ4n) is 2.43. The molecule has 2 unspecified atom stereocenters. The maximum atomic E-state index is 9.21. The number of aliphatic hydroxyl groups excluding tert-OH is 1. The van der Waals surface area contributed by atoms with Gasteiger partial charge in [-0.05, 0) is 42.9 Å². The van der Waals surface area contributed by atoms with E-state index in [0.29, 0.717) is 18.4 Å². The highest BCUT2D eigenvalue weighted by atomic mass is 16.5. The molecule has 2 atom stereocenters. The predicted octanol–water partition coefficient (Wildman–Crippen LogP) is 1.77. The zero-order valence-electron chi connectivity index (χ0n) is 10.4. The SMILES string of the molecule is CCOc1ccc(C2CNCC(CO)C2)cc1. The van der Waals surface area contributed by atoms with Gasteiger partial charge in [0.1, 0.15) is 5.75 Å². The van der Waals surface area contributed by atoms with Gasteiger partial charge >= 0.3 is 0 Å². The summed E-state index contributed by atoms with van der Waals surface area (Å²) < 4.78 is 5.43. The highest BCUT2D eigenvalue weighted by Crippen LogP contribution is 2.27. The zero-order valence-corrected chi connectivity index (χ0v) is 10.4. The summed E-state index contributed by atoms with van der Waals surface area (Å²) in [7, 11) is 0. The molecule has 3 nitrogen and oxygen atoms in total. The molecule has 0 saturated carbocycles. The number of hydrogen-bond donors (Lipinski definition) is 2. The van der Waals surface area contributed by atoms with Crippen molar-refractivity contribution in [3.63, 3.8) is 0 Å². The van der Waals surface area contributed by atoms with E-state index in [-0.39, 0.29) is 6.61 Å². The van der Waals surface area contributed by atoms with Crippen molar-refractivity contribution >= 4 is 0 Å². The van der Waals surface area contributed by atoms with Crippen molar-refractivity contribution in [3.8, 4) is 5.75 Å². The Kier molecular flexibility index (Phi) is 4.40. The van der Waals surface area contributed by atoms with Crippen molar-refractivity contribution in [1.82, 2.24) is 5.32 Å². The summed E-state index contributed by atoms with van der Waals surface area (Å²) in [5.41, 5.74) is 1.33. The quantitative estimate of drug-likeness (QED) is 0.835. The Morgan fingerprint density at radius 2 is 2.06 bits per heavy atom. The van der Waals surface area contributed by atoms with Crippen LogP contribution in [0.25, 0.3) is 0 Å². The minimum absolute atomic E-state index is 0.278. The minimum atomic E-state index is 0.278. The largest absolute Gasteiger partial charge is 0.494 e. The molecule has 1 fully saturated rings. The third kappa shape index (κ3) is 3.20. The number of hydrogen-bond acceptors (Lipinski definition) is 3. The zero-order chi connectivity index (χ0) is 12.1. The van der Waals surface area contributed by atoms with E-state index in [1.54, 1.807) is 0 Å². The van der Waals surface area contributed by atoms with Crippen LogP contribution in [0.3, 0.4) is 0 Å². The second-order valence-electron chi connectivity index (χ2n) is 4.64. The molecule has 0 aliphatic carbocycles. The van der Waals surface area contributed by atoms with E-state index >= 15 is 0 Å². The van der Waals surface area contributed by atoms with E-state index < -0.39 is 0 Å². The Balaban J connectivity index is 2.01. The molecule has 0 spiro atoms. The maximum Gasteiger partial charge on any atom is 0.119 e. The molecule has 1 saturated heterocycles. The Hall–Kier alpha value is -1.06.